The smallest absolute Gasteiger partial charge is 0.407 e. The van der Waals surface area contributed by atoms with E-state index in [0.29, 0.717) is 6.54 Å². The summed E-state index contributed by atoms with van der Waals surface area (Å²) in [6.07, 6.45) is 6.58. The Labute approximate surface area is 357 Å². The van der Waals surface area contributed by atoms with E-state index in [1.807, 2.05) is 54.2 Å². The van der Waals surface area contributed by atoms with Gasteiger partial charge in [-0.15, -0.1) is 0 Å². The summed E-state index contributed by atoms with van der Waals surface area (Å²) >= 11 is 0. The number of nitrogens with one attached hydrogen (secondary N) is 3. The number of hydrogen-bond donors (Lipinski definition) is 3. The zero-order valence-corrected chi connectivity index (χ0v) is 35.7. The molecular formula is C49H56N8O4. The van der Waals surface area contributed by atoms with Gasteiger partial charge in [-0.2, -0.15) is 0 Å². The van der Waals surface area contributed by atoms with Crippen LogP contribution in [0.2, 0.25) is 0 Å². The average molecular weight is 821 g/mol. The Morgan fingerprint density at radius 3 is 1.82 bits per heavy atom. The van der Waals surface area contributed by atoms with E-state index >= 15 is 0 Å². The molecule has 316 valence electrons. The van der Waals surface area contributed by atoms with Gasteiger partial charge in [0.15, 0.2) is 0 Å². The third kappa shape index (κ3) is 8.54. The summed E-state index contributed by atoms with van der Waals surface area (Å²) in [5, 5.41) is 4.97. The molecule has 2 aliphatic heterocycles. The van der Waals surface area contributed by atoms with Crippen molar-refractivity contribution in [1.29, 1.82) is 0 Å². The van der Waals surface area contributed by atoms with Gasteiger partial charge in [-0.1, -0.05) is 107 Å². The normalized spacial score (nSPS) is 17.6. The molecule has 0 spiro atoms. The number of likely N-dealkylation sites (tertiary alicyclic amines) is 2. The Balaban J connectivity index is 0.947. The maximum atomic E-state index is 14.3. The molecule has 0 bridgehead atoms. The van der Waals surface area contributed by atoms with E-state index in [1.54, 1.807) is 0 Å². The highest BCUT2D eigenvalue weighted by Crippen LogP contribution is 2.37. The van der Waals surface area contributed by atoms with Crippen molar-refractivity contribution in [2.45, 2.75) is 77.5 Å². The Hall–Kier alpha value is -6.27. The summed E-state index contributed by atoms with van der Waals surface area (Å²) in [6, 6.07) is 30.3. The van der Waals surface area contributed by atoms with Crippen LogP contribution in [0.5, 0.6) is 0 Å². The van der Waals surface area contributed by atoms with Gasteiger partial charge < -0.3 is 29.8 Å². The predicted molar refractivity (Wildman–Crippen MR) is 238 cm³/mol. The monoisotopic (exact) mass is 820 g/mol. The molecule has 3 N–H and O–H groups in total. The molecule has 4 heterocycles. The van der Waals surface area contributed by atoms with Crippen LogP contribution in [0, 0.1) is 5.92 Å². The predicted octanol–water partition coefficient (Wildman–Crippen LogP) is 9.08. The van der Waals surface area contributed by atoms with Crippen molar-refractivity contribution in [2.75, 3.05) is 33.3 Å². The first-order chi connectivity index (χ1) is 29.7. The highest BCUT2D eigenvalue weighted by atomic mass is 16.5. The number of ether oxygens (including phenoxy) is 1. The Kier molecular flexibility index (Phi) is 12.3. The molecule has 2 saturated heterocycles. The SMILES string of the molecule is CCN(CC)C(C(=O)N1CCC[C@H]1c1ncc(-c2ccc3cc(-c4ccc(-c5cnc([C@@H]6CCCN6C(=O)[C@@H](NC(=O)OC)C(C)C)[nH]5)cc4)ccc3c2)[nH]1)c1ccccc1. The molecule has 2 fully saturated rings. The fourth-order valence-electron chi connectivity index (χ4n) is 9.14. The lowest BCUT2D eigenvalue weighted by molar-refractivity contribution is -0.138. The molecule has 0 radical (unpaired) electrons. The number of H-pyrrole nitrogens is 2. The maximum Gasteiger partial charge on any atom is 0.407 e. The van der Waals surface area contributed by atoms with Gasteiger partial charge >= 0.3 is 6.09 Å². The molecule has 4 aromatic carbocycles. The van der Waals surface area contributed by atoms with E-state index in [9.17, 15) is 14.4 Å². The Morgan fingerprint density at radius 1 is 0.721 bits per heavy atom. The number of benzene rings is 4. The zero-order chi connectivity index (χ0) is 42.6. The van der Waals surface area contributed by atoms with Gasteiger partial charge in [0.1, 0.15) is 23.7 Å². The second-order valence-corrected chi connectivity index (χ2v) is 16.5. The minimum absolute atomic E-state index is 0.0954. The van der Waals surface area contributed by atoms with Gasteiger partial charge in [-0.3, -0.25) is 14.5 Å². The topological polar surface area (TPSA) is 140 Å². The van der Waals surface area contributed by atoms with Crippen molar-refractivity contribution in [1.82, 2.24) is 40.0 Å². The van der Waals surface area contributed by atoms with Crippen molar-refractivity contribution in [3.63, 3.8) is 0 Å². The lowest BCUT2D eigenvalue weighted by Gasteiger charge is -2.34. The van der Waals surface area contributed by atoms with E-state index in [1.165, 1.54) is 7.11 Å². The highest BCUT2D eigenvalue weighted by molar-refractivity contribution is 5.91. The van der Waals surface area contributed by atoms with Gasteiger partial charge in [0, 0.05) is 18.7 Å². The summed E-state index contributed by atoms with van der Waals surface area (Å²) in [6.45, 7) is 11.0. The molecule has 1 unspecified atom stereocenters. The number of hydrogen-bond acceptors (Lipinski definition) is 7. The van der Waals surface area contributed by atoms with Crippen LogP contribution in [0.3, 0.4) is 0 Å². The maximum absolute atomic E-state index is 14.3. The van der Waals surface area contributed by atoms with E-state index in [-0.39, 0.29) is 35.9 Å². The molecule has 12 heteroatoms. The lowest BCUT2D eigenvalue weighted by Crippen LogP contribution is -2.51. The number of carbonyl (C=O) groups excluding carboxylic acids is 3. The summed E-state index contributed by atoms with van der Waals surface area (Å²) < 4.78 is 4.78. The van der Waals surface area contributed by atoms with Crippen LogP contribution in [-0.2, 0) is 14.3 Å². The number of aromatic amines is 2. The highest BCUT2D eigenvalue weighted by Gasteiger charge is 2.39. The second-order valence-electron chi connectivity index (χ2n) is 16.5. The van der Waals surface area contributed by atoms with E-state index in [0.717, 1.165) is 107 Å². The van der Waals surface area contributed by atoms with Gasteiger partial charge in [-0.25, -0.2) is 14.8 Å². The van der Waals surface area contributed by atoms with Crippen LogP contribution in [0.25, 0.3) is 44.4 Å². The van der Waals surface area contributed by atoms with Crippen molar-refractivity contribution in [3.8, 4) is 33.6 Å². The molecule has 3 amide bonds. The van der Waals surface area contributed by atoms with E-state index in [2.05, 4.69) is 107 Å². The van der Waals surface area contributed by atoms with Gasteiger partial charge in [0.25, 0.3) is 0 Å². The number of nitrogens with zero attached hydrogens (tertiary/aromatic N) is 5. The molecular weight excluding hydrogens is 765 g/mol. The fraction of sp³-hybridized carbons (Fsp3) is 0.367. The minimum atomic E-state index is -0.679. The standard InChI is InChI=1S/C49H56N8O4/c1-6-55(7-2)44(34-13-9-8-10-14-34)48(59)57-26-12-16-42(57)46-51-30-40(53-46)38-24-23-36-27-35(21-22-37(36)28-38)32-17-19-33(20-18-32)39-29-50-45(52-39)41-15-11-25-56(41)47(58)43(31(3)4)54-49(60)61-5/h8-10,13-14,17-24,27-31,41-44H,6-7,11-12,15-16,25-26H2,1-5H3,(H,50,52)(H,51,53)(H,54,60)/t41-,42-,43-,44?/m0/s1. The Morgan fingerprint density at radius 2 is 1.25 bits per heavy atom. The number of aromatic nitrogens is 4. The summed E-state index contributed by atoms with van der Waals surface area (Å²) in [5.41, 5.74) is 7.11. The lowest BCUT2D eigenvalue weighted by atomic mass is 9.98. The van der Waals surface area contributed by atoms with Crippen LogP contribution >= 0.6 is 0 Å². The Bertz CT molecular complexity index is 2470. The molecule has 0 saturated carbocycles. The number of fused-ring (bicyclic) bond motifs is 1. The van der Waals surface area contributed by atoms with Crippen LogP contribution < -0.4 is 5.32 Å². The first-order valence-electron chi connectivity index (χ1n) is 21.7. The number of methoxy groups -OCH3 is 1. The molecule has 8 rings (SSSR count). The molecule has 6 aromatic rings. The number of likely N-dealkylation sites (N-methyl/N-ethyl adjacent to an activating group) is 1. The minimum Gasteiger partial charge on any atom is -0.453 e. The third-order valence-corrected chi connectivity index (χ3v) is 12.5. The molecule has 4 atom stereocenters. The molecule has 0 aliphatic carbocycles. The number of imidazole rings is 2. The number of alkyl carbamates (subject to hydrolysis) is 1. The van der Waals surface area contributed by atoms with Gasteiger partial charge in [-0.05, 0) is 89.8 Å². The van der Waals surface area contributed by atoms with E-state index < -0.39 is 12.1 Å². The number of rotatable bonds is 13. The van der Waals surface area contributed by atoms with Crippen LogP contribution in [0.15, 0.2) is 103 Å². The third-order valence-electron chi connectivity index (χ3n) is 12.5. The zero-order valence-electron chi connectivity index (χ0n) is 35.7. The second kappa shape index (κ2) is 18.1. The molecule has 12 nitrogen and oxygen atoms in total. The molecule has 2 aliphatic rings. The first kappa shape index (κ1) is 41.5. The van der Waals surface area contributed by atoms with Crippen molar-refractivity contribution in [2.24, 2.45) is 5.92 Å². The number of amides is 3. The quantitative estimate of drug-likeness (QED) is 0.106. The van der Waals surface area contributed by atoms with Crippen LogP contribution in [0.1, 0.15) is 88.7 Å². The molecule has 61 heavy (non-hydrogen) atoms. The molecule has 2 aromatic heterocycles. The van der Waals surface area contributed by atoms with Crippen molar-refractivity contribution in [3.05, 3.63) is 121 Å². The van der Waals surface area contributed by atoms with Crippen LogP contribution in [0.4, 0.5) is 4.79 Å². The summed E-state index contributed by atoms with van der Waals surface area (Å²) in [7, 11) is 1.30. The summed E-state index contributed by atoms with van der Waals surface area (Å²) in [5.74, 6) is 1.48. The van der Waals surface area contributed by atoms with Crippen molar-refractivity contribution >= 4 is 28.7 Å². The largest absolute Gasteiger partial charge is 0.453 e. The fourth-order valence-corrected chi connectivity index (χ4v) is 9.14. The van der Waals surface area contributed by atoms with E-state index in [4.69, 9.17) is 14.7 Å². The average Bonchev–Trinajstić information content (AvgIpc) is 4.14. The van der Waals surface area contributed by atoms with Crippen molar-refractivity contribution < 1.29 is 19.1 Å². The first-order valence-corrected chi connectivity index (χ1v) is 21.7. The number of carbonyl (C=O) groups is 3. The van der Waals surface area contributed by atoms with Gasteiger partial charge in [0.2, 0.25) is 11.8 Å². The summed E-state index contributed by atoms with van der Waals surface area (Å²) in [4.78, 5) is 62.6. The van der Waals surface area contributed by atoms with Gasteiger partial charge in [0.05, 0.1) is 43.0 Å². The van der Waals surface area contributed by atoms with Crippen LogP contribution in [-0.4, -0.2) is 91.9 Å².